The molecule has 4 nitrogen and oxygen atoms in total. The van der Waals surface area contributed by atoms with Crippen LogP contribution < -0.4 is 10.1 Å². The second kappa shape index (κ2) is 5.45. The van der Waals surface area contributed by atoms with Gasteiger partial charge in [-0.15, -0.1) is 11.3 Å². The number of carbonyl (C=O) groups is 1. The number of hydrogen-bond acceptors (Lipinski definition) is 4. The number of thiazole rings is 1. The summed E-state index contributed by atoms with van der Waals surface area (Å²) in [5, 5.41) is 5.17. The predicted molar refractivity (Wildman–Crippen MR) is 67.4 cm³/mol. The highest BCUT2D eigenvalue weighted by molar-refractivity contribution is 7.13. The number of hydrogen-bond donors (Lipinski definition) is 1. The maximum atomic E-state index is 11.7. The van der Waals surface area contributed by atoms with Crippen LogP contribution in [0.15, 0.2) is 35.8 Å². The van der Waals surface area contributed by atoms with Crippen molar-refractivity contribution in [3.63, 3.8) is 0 Å². The largest absolute Gasteiger partial charge is 0.496 e. The van der Waals surface area contributed by atoms with E-state index in [4.69, 9.17) is 4.74 Å². The molecule has 5 heteroatoms. The van der Waals surface area contributed by atoms with Crippen molar-refractivity contribution in [3.8, 4) is 5.75 Å². The lowest BCUT2D eigenvalue weighted by atomic mass is 10.1. The monoisotopic (exact) mass is 248 g/mol. The zero-order chi connectivity index (χ0) is 12.1. The molecule has 0 aliphatic rings. The molecule has 0 unspecified atom stereocenters. The minimum atomic E-state index is -0.0931. The average molecular weight is 248 g/mol. The van der Waals surface area contributed by atoms with Crippen molar-refractivity contribution in [2.45, 2.75) is 6.42 Å². The summed E-state index contributed by atoms with van der Waals surface area (Å²) in [5.41, 5.74) is 0.865. The minimum Gasteiger partial charge on any atom is -0.496 e. The lowest BCUT2D eigenvalue weighted by Gasteiger charge is -2.07. The van der Waals surface area contributed by atoms with Gasteiger partial charge in [0, 0.05) is 17.1 Å². The van der Waals surface area contributed by atoms with E-state index < -0.39 is 0 Å². The van der Waals surface area contributed by atoms with Crippen LogP contribution in [-0.2, 0) is 11.2 Å². The topological polar surface area (TPSA) is 51.2 Å². The van der Waals surface area contributed by atoms with E-state index in [0.29, 0.717) is 5.13 Å². The van der Waals surface area contributed by atoms with Gasteiger partial charge in [-0.05, 0) is 6.07 Å². The molecular formula is C12H12N2O2S. The van der Waals surface area contributed by atoms with Gasteiger partial charge < -0.3 is 10.1 Å². The molecule has 1 heterocycles. The number of anilines is 1. The van der Waals surface area contributed by atoms with Gasteiger partial charge in [0.25, 0.3) is 0 Å². The summed E-state index contributed by atoms with van der Waals surface area (Å²) in [6.07, 6.45) is 1.94. The smallest absolute Gasteiger partial charge is 0.230 e. The van der Waals surface area contributed by atoms with Crippen molar-refractivity contribution >= 4 is 22.4 Å². The van der Waals surface area contributed by atoms with Crippen LogP contribution in [-0.4, -0.2) is 18.0 Å². The van der Waals surface area contributed by atoms with Crippen LogP contribution in [0.4, 0.5) is 5.13 Å². The van der Waals surface area contributed by atoms with E-state index in [1.165, 1.54) is 11.3 Å². The molecule has 1 amide bonds. The van der Waals surface area contributed by atoms with E-state index in [9.17, 15) is 4.79 Å². The van der Waals surface area contributed by atoms with Gasteiger partial charge in [-0.25, -0.2) is 4.98 Å². The Bertz CT molecular complexity index is 497. The highest BCUT2D eigenvalue weighted by Gasteiger charge is 2.09. The summed E-state index contributed by atoms with van der Waals surface area (Å²) in [6.45, 7) is 0. The minimum absolute atomic E-state index is 0.0931. The van der Waals surface area contributed by atoms with Crippen LogP contribution in [0.5, 0.6) is 5.75 Å². The number of rotatable bonds is 4. The van der Waals surface area contributed by atoms with Gasteiger partial charge in [0.05, 0.1) is 13.5 Å². The van der Waals surface area contributed by atoms with E-state index in [1.807, 2.05) is 29.6 Å². The van der Waals surface area contributed by atoms with Gasteiger partial charge in [0.2, 0.25) is 5.91 Å². The Kier molecular flexibility index (Phi) is 3.72. The van der Waals surface area contributed by atoms with E-state index in [2.05, 4.69) is 10.3 Å². The average Bonchev–Trinajstić information content (AvgIpc) is 2.82. The molecule has 0 fully saturated rings. The van der Waals surface area contributed by atoms with Crippen LogP contribution in [0.2, 0.25) is 0 Å². The fraction of sp³-hybridized carbons (Fsp3) is 0.167. The third-order valence-corrected chi connectivity index (χ3v) is 2.91. The number of nitrogens with one attached hydrogen (secondary N) is 1. The molecule has 0 bridgehead atoms. The molecule has 2 rings (SSSR count). The number of aromatic nitrogens is 1. The summed E-state index contributed by atoms with van der Waals surface area (Å²) < 4.78 is 5.19. The van der Waals surface area contributed by atoms with Gasteiger partial charge in [-0.2, -0.15) is 0 Å². The van der Waals surface area contributed by atoms with Crippen molar-refractivity contribution in [1.29, 1.82) is 0 Å². The SMILES string of the molecule is COc1ccccc1CC(=O)Nc1nccs1. The van der Waals surface area contributed by atoms with Crippen molar-refractivity contribution in [2.75, 3.05) is 12.4 Å². The number of methoxy groups -OCH3 is 1. The van der Waals surface area contributed by atoms with Crippen LogP contribution in [0.1, 0.15) is 5.56 Å². The molecule has 0 aliphatic heterocycles. The predicted octanol–water partition coefficient (Wildman–Crippen LogP) is 2.33. The lowest BCUT2D eigenvalue weighted by Crippen LogP contribution is -2.14. The van der Waals surface area contributed by atoms with Gasteiger partial charge in [0.15, 0.2) is 5.13 Å². The van der Waals surface area contributed by atoms with Gasteiger partial charge >= 0.3 is 0 Å². The van der Waals surface area contributed by atoms with Crippen LogP contribution in [0.25, 0.3) is 0 Å². The normalized spacial score (nSPS) is 9.94. The number of carbonyl (C=O) groups excluding carboxylic acids is 1. The molecule has 1 aromatic heterocycles. The van der Waals surface area contributed by atoms with Crippen molar-refractivity contribution < 1.29 is 9.53 Å². The molecule has 17 heavy (non-hydrogen) atoms. The first kappa shape index (κ1) is 11.6. The number of para-hydroxylation sites is 1. The van der Waals surface area contributed by atoms with E-state index in [0.717, 1.165) is 11.3 Å². The van der Waals surface area contributed by atoms with E-state index in [-0.39, 0.29) is 12.3 Å². The molecule has 0 spiro atoms. The Morgan fingerprint density at radius 2 is 2.29 bits per heavy atom. The van der Waals surface area contributed by atoms with Crippen molar-refractivity contribution in [3.05, 3.63) is 41.4 Å². The zero-order valence-corrected chi connectivity index (χ0v) is 10.2. The summed E-state index contributed by atoms with van der Waals surface area (Å²) in [4.78, 5) is 15.7. The van der Waals surface area contributed by atoms with Crippen LogP contribution >= 0.6 is 11.3 Å². The molecule has 0 saturated carbocycles. The summed E-state index contributed by atoms with van der Waals surface area (Å²) in [5.74, 6) is 0.631. The summed E-state index contributed by atoms with van der Waals surface area (Å²) in [6, 6.07) is 7.47. The lowest BCUT2D eigenvalue weighted by molar-refractivity contribution is -0.115. The van der Waals surface area contributed by atoms with Gasteiger partial charge in [-0.1, -0.05) is 18.2 Å². The maximum absolute atomic E-state index is 11.7. The summed E-state index contributed by atoms with van der Waals surface area (Å²) >= 11 is 1.40. The van der Waals surface area contributed by atoms with E-state index in [1.54, 1.807) is 13.3 Å². The fourth-order valence-electron chi connectivity index (χ4n) is 1.47. The summed E-state index contributed by atoms with van der Waals surface area (Å²) in [7, 11) is 1.59. The third kappa shape index (κ3) is 3.04. The number of benzene rings is 1. The Morgan fingerprint density at radius 1 is 1.47 bits per heavy atom. The molecule has 0 saturated heterocycles. The first-order chi connectivity index (χ1) is 8.29. The quantitative estimate of drug-likeness (QED) is 0.903. The highest BCUT2D eigenvalue weighted by Crippen LogP contribution is 2.18. The number of amides is 1. The number of nitrogens with zero attached hydrogens (tertiary/aromatic N) is 1. The second-order valence-corrected chi connectivity index (χ2v) is 4.27. The zero-order valence-electron chi connectivity index (χ0n) is 9.34. The first-order valence-corrected chi connectivity index (χ1v) is 5.99. The fourth-order valence-corrected chi connectivity index (χ4v) is 2.02. The first-order valence-electron chi connectivity index (χ1n) is 5.11. The Hall–Kier alpha value is -1.88. The van der Waals surface area contributed by atoms with Crippen molar-refractivity contribution in [1.82, 2.24) is 4.98 Å². The Morgan fingerprint density at radius 3 is 3.00 bits per heavy atom. The van der Waals surface area contributed by atoms with Crippen LogP contribution in [0, 0.1) is 0 Å². The van der Waals surface area contributed by atoms with Gasteiger partial charge in [-0.3, -0.25) is 4.79 Å². The molecule has 0 aliphatic carbocycles. The molecular weight excluding hydrogens is 236 g/mol. The molecule has 88 valence electrons. The molecule has 2 aromatic rings. The van der Waals surface area contributed by atoms with Gasteiger partial charge in [0.1, 0.15) is 5.75 Å². The maximum Gasteiger partial charge on any atom is 0.230 e. The van der Waals surface area contributed by atoms with Crippen LogP contribution in [0.3, 0.4) is 0 Å². The standard InChI is InChI=1S/C12H12N2O2S/c1-16-10-5-3-2-4-9(10)8-11(15)14-12-13-6-7-17-12/h2-7H,8H2,1H3,(H,13,14,15). The molecule has 0 radical (unpaired) electrons. The molecule has 1 N–H and O–H groups in total. The van der Waals surface area contributed by atoms with Crippen molar-refractivity contribution in [2.24, 2.45) is 0 Å². The third-order valence-electron chi connectivity index (χ3n) is 2.22. The van der Waals surface area contributed by atoms with E-state index >= 15 is 0 Å². The second-order valence-electron chi connectivity index (χ2n) is 3.37. The Labute approximate surface area is 103 Å². The molecule has 1 aromatic carbocycles. The molecule has 0 atom stereocenters. The Balaban J connectivity index is 2.03. The highest BCUT2D eigenvalue weighted by atomic mass is 32.1. The number of ether oxygens (including phenoxy) is 1.